The molecular weight excluding hydrogens is 271 g/mol. The average Bonchev–Trinajstić information content (AvgIpc) is 2.27. The Labute approximate surface area is 126 Å². The zero-order valence-electron chi connectivity index (χ0n) is 14.7. The Morgan fingerprint density at radius 1 is 0.850 bits per heavy atom. The molecule has 0 bridgehead atoms. The van der Waals surface area contributed by atoms with Crippen molar-refractivity contribution in [3.05, 3.63) is 0 Å². The molecule has 2 unspecified atom stereocenters. The Hall–Kier alpha value is 0.0200. The molecule has 0 amide bonds. The third-order valence-electron chi connectivity index (χ3n) is 4.44. The summed E-state index contributed by atoms with van der Waals surface area (Å²) in [6, 6.07) is 0. The summed E-state index contributed by atoms with van der Waals surface area (Å²) in [6.45, 7) is 16.5. The fraction of sp³-hybridized carbons (Fsp3) is 1.00. The van der Waals surface area contributed by atoms with Crippen LogP contribution in [0.2, 0.25) is 0 Å². The molecule has 0 heterocycles. The van der Waals surface area contributed by atoms with Crippen LogP contribution in [0, 0.1) is 11.8 Å². The Morgan fingerprint density at radius 2 is 1.15 bits per heavy atom. The van der Waals surface area contributed by atoms with Crippen LogP contribution in [0.4, 0.5) is 0 Å². The molecule has 0 spiro atoms. The second kappa shape index (κ2) is 8.46. The van der Waals surface area contributed by atoms with Gasteiger partial charge in [0.05, 0.1) is 0 Å². The maximum absolute atomic E-state index is 12.2. The van der Waals surface area contributed by atoms with Gasteiger partial charge in [-0.2, -0.15) is 0 Å². The van der Waals surface area contributed by atoms with E-state index in [0.717, 1.165) is 25.7 Å². The van der Waals surface area contributed by atoms with E-state index < -0.39 is 19.5 Å². The summed E-state index contributed by atoms with van der Waals surface area (Å²) < 4.78 is 23.6. The molecule has 0 aliphatic carbocycles. The van der Waals surface area contributed by atoms with E-state index >= 15 is 0 Å². The highest BCUT2D eigenvalue weighted by molar-refractivity contribution is 7.33. The molecule has 0 radical (unpaired) electrons. The van der Waals surface area contributed by atoms with Gasteiger partial charge >= 0.3 is 8.25 Å². The van der Waals surface area contributed by atoms with Crippen molar-refractivity contribution in [2.75, 3.05) is 0 Å². The van der Waals surface area contributed by atoms with Crippen LogP contribution < -0.4 is 0 Å². The normalized spacial score (nSPS) is 16.9. The summed E-state index contributed by atoms with van der Waals surface area (Å²) in [7, 11) is -2.09. The predicted octanol–water partition coefficient (Wildman–Crippen LogP) is 6.11. The van der Waals surface area contributed by atoms with Crippen LogP contribution in [-0.4, -0.2) is 11.2 Å². The lowest BCUT2D eigenvalue weighted by atomic mass is 9.89. The first kappa shape index (κ1) is 20.0. The van der Waals surface area contributed by atoms with Gasteiger partial charge in [0.2, 0.25) is 0 Å². The quantitative estimate of drug-likeness (QED) is 0.457. The lowest BCUT2D eigenvalue weighted by molar-refractivity contribution is -0.00593. The molecule has 0 aromatic heterocycles. The maximum Gasteiger partial charge on any atom is 0.698 e. The Morgan fingerprint density at radius 3 is 1.40 bits per heavy atom. The van der Waals surface area contributed by atoms with E-state index in [0.29, 0.717) is 11.8 Å². The van der Waals surface area contributed by atoms with Gasteiger partial charge in [0.1, 0.15) is 11.2 Å². The topological polar surface area (TPSA) is 35.5 Å². The third-order valence-corrected chi connectivity index (χ3v) is 5.68. The molecule has 0 aromatic rings. The van der Waals surface area contributed by atoms with Gasteiger partial charge in [-0.1, -0.05) is 40.5 Å². The smallest absolute Gasteiger partial charge is 0.113 e. The molecule has 0 aliphatic rings. The molecule has 0 aromatic carbocycles. The van der Waals surface area contributed by atoms with Crippen LogP contribution in [0.5, 0.6) is 0 Å². The molecule has 0 fully saturated rings. The maximum atomic E-state index is 12.2. The van der Waals surface area contributed by atoms with Gasteiger partial charge in [-0.25, -0.2) is 0 Å². The molecule has 120 valence electrons. The lowest BCUT2D eigenvalue weighted by Gasteiger charge is -2.28. The summed E-state index contributed by atoms with van der Waals surface area (Å²) in [5, 5.41) is 0. The Bertz CT molecular complexity index is 272. The van der Waals surface area contributed by atoms with E-state index in [2.05, 4.69) is 27.7 Å². The Kier molecular flexibility index (Phi) is 8.47. The molecule has 2 atom stereocenters. The van der Waals surface area contributed by atoms with Gasteiger partial charge in [-0.15, -0.1) is 9.05 Å². The second-order valence-electron chi connectivity index (χ2n) is 6.99. The Balaban J connectivity index is 4.55. The first-order valence-electron chi connectivity index (χ1n) is 7.92. The molecule has 0 saturated heterocycles. The van der Waals surface area contributed by atoms with Crippen molar-refractivity contribution in [3.63, 3.8) is 0 Å². The zero-order valence-corrected chi connectivity index (χ0v) is 15.5. The van der Waals surface area contributed by atoms with Gasteiger partial charge in [0.15, 0.2) is 0 Å². The van der Waals surface area contributed by atoms with Gasteiger partial charge < -0.3 is 0 Å². The highest BCUT2D eigenvalue weighted by Crippen LogP contribution is 2.42. The van der Waals surface area contributed by atoms with Crippen molar-refractivity contribution in [3.8, 4) is 0 Å². The molecule has 4 heteroatoms. The largest absolute Gasteiger partial charge is 0.698 e. The third kappa shape index (κ3) is 6.65. The van der Waals surface area contributed by atoms with Crippen LogP contribution in [0.1, 0.15) is 81.1 Å². The molecule has 3 nitrogen and oxygen atoms in total. The van der Waals surface area contributed by atoms with Crippen LogP contribution >= 0.6 is 8.25 Å². The minimum absolute atomic E-state index is 0.353. The van der Waals surface area contributed by atoms with Crippen molar-refractivity contribution in [1.82, 2.24) is 0 Å². The summed E-state index contributed by atoms with van der Waals surface area (Å²) in [6.07, 6.45) is 4.33. The van der Waals surface area contributed by atoms with Crippen LogP contribution in [0.25, 0.3) is 0 Å². The van der Waals surface area contributed by atoms with E-state index in [1.807, 2.05) is 27.7 Å². The number of hydrogen-bond acceptors (Lipinski definition) is 3. The van der Waals surface area contributed by atoms with Crippen LogP contribution in [0.3, 0.4) is 0 Å². The van der Waals surface area contributed by atoms with Crippen LogP contribution in [0.15, 0.2) is 0 Å². The van der Waals surface area contributed by atoms with Crippen molar-refractivity contribution in [2.24, 2.45) is 11.8 Å². The number of hydrogen-bond donors (Lipinski definition) is 0. The standard InChI is InChI=1S/C16H34O3P/c1-9-11-13(3)15(5,6)18-20(17)19-16(7,8)14(4)12-10-2/h13-14H,9-12H2,1-8H3/q+1. The van der Waals surface area contributed by atoms with E-state index in [1.54, 1.807) is 0 Å². The summed E-state index contributed by atoms with van der Waals surface area (Å²) in [5.74, 6) is 0.706. The highest BCUT2D eigenvalue weighted by Gasteiger charge is 2.43. The minimum Gasteiger partial charge on any atom is -0.113 e. The van der Waals surface area contributed by atoms with E-state index in [9.17, 15) is 4.57 Å². The van der Waals surface area contributed by atoms with Gasteiger partial charge in [0, 0.05) is 4.57 Å². The molecule has 0 saturated carbocycles. The summed E-state index contributed by atoms with van der Waals surface area (Å²) in [5.41, 5.74) is -0.846. The van der Waals surface area contributed by atoms with Crippen molar-refractivity contribution >= 4 is 8.25 Å². The van der Waals surface area contributed by atoms with Crippen molar-refractivity contribution < 1.29 is 13.6 Å². The molecule has 0 rings (SSSR count). The van der Waals surface area contributed by atoms with Crippen LogP contribution in [-0.2, 0) is 13.6 Å². The van der Waals surface area contributed by atoms with Crippen molar-refractivity contribution in [2.45, 2.75) is 92.3 Å². The minimum atomic E-state index is -2.09. The van der Waals surface area contributed by atoms with Gasteiger partial charge in [0.25, 0.3) is 0 Å². The summed E-state index contributed by atoms with van der Waals surface area (Å²) >= 11 is 0. The fourth-order valence-electron chi connectivity index (χ4n) is 2.14. The van der Waals surface area contributed by atoms with Crippen molar-refractivity contribution in [1.29, 1.82) is 0 Å². The van der Waals surface area contributed by atoms with E-state index in [4.69, 9.17) is 9.05 Å². The van der Waals surface area contributed by atoms with Gasteiger partial charge in [-0.05, 0) is 52.4 Å². The predicted molar refractivity (Wildman–Crippen MR) is 86.1 cm³/mol. The second-order valence-corrected chi connectivity index (χ2v) is 7.80. The lowest BCUT2D eigenvalue weighted by Crippen LogP contribution is -2.33. The monoisotopic (exact) mass is 305 g/mol. The van der Waals surface area contributed by atoms with E-state index in [1.165, 1.54) is 0 Å². The molecule has 0 aliphatic heterocycles. The molecule has 20 heavy (non-hydrogen) atoms. The first-order chi connectivity index (χ1) is 9.06. The summed E-state index contributed by atoms with van der Waals surface area (Å²) in [4.78, 5) is 0. The van der Waals surface area contributed by atoms with E-state index in [-0.39, 0.29) is 0 Å². The number of rotatable bonds is 10. The fourth-order valence-corrected chi connectivity index (χ4v) is 3.31. The zero-order chi connectivity index (χ0) is 16.0. The average molecular weight is 305 g/mol. The van der Waals surface area contributed by atoms with Gasteiger partial charge in [-0.3, -0.25) is 0 Å². The SMILES string of the molecule is CCCC(C)C(C)(C)O[P+](=O)OC(C)(C)C(C)CCC. The molecular formula is C16H34O3P+. The first-order valence-corrected chi connectivity index (χ1v) is 9.01. The highest BCUT2D eigenvalue weighted by atomic mass is 31.1. The molecule has 0 N–H and O–H groups in total.